The number of hydrogen-bond acceptors (Lipinski definition) is 4. The van der Waals surface area contributed by atoms with Gasteiger partial charge in [0.15, 0.2) is 0 Å². The number of nitrogens with one attached hydrogen (secondary N) is 1. The molecule has 1 aliphatic rings. The summed E-state index contributed by atoms with van der Waals surface area (Å²) < 4.78 is 5.36. The van der Waals surface area contributed by atoms with Gasteiger partial charge in [0.25, 0.3) is 0 Å². The predicted octanol–water partition coefficient (Wildman–Crippen LogP) is 3.70. The largest absolute Gasteiger partial charge is 0.423 e. The minimum Gasteiger partial charge on any atom is -0.423 e. The maximum atomic E-state index is 12.1. The van der Waals surface area contributed by atoms with Crippen molar-refractivity contribution in [2.45, 2.75) is 32.9 Å². The molecule has 0 saturated heterocycles. The standard InChI is InChI=1S/C21H20N2O3/c1-13-9-15-5-3-4-6-19(15)23(13)12-16-10-21(25)26-20-11-17(22-14(2)24)7-8-18(16)20/h3-8,10-11,13H,9,12H2,1-2H3,(H,22,24). The molecule has 0 saturated carbocycles. The van der Waals surface area contributed by atoms with Crippen LogP contribution in [0.3, 0.4) is 0 Å². The van der Waals surface area contributed by atoms with Crippen molar-refractivity contribution < 1.29 is 9.21 Å². The van der Waals surface area contributed by atoms with Gasteiger partial charge in [-0.15, -0.1) is 0 Å². The molecule has 1 N–H and O–H groups in total. The van der Waals surface area contributed by atoms with E-state index in [1.54, 1.807) is 12.1 Å². The number of amides is 1. The van der Waals surface area contributed by atoms with Gasteiger partial charge in [-0.25, -0.2) is 4.79 Å². The zero-order valence-corrected chi connectivity index (χ0v) is 14.8. The predicted molar refractivity (Wildman–Crippen MR) is 103 cm³/mol. The first-order valence-corrected chi connectivity index (χ1v) is 8.70. The van der Waals surface area contributed by atoms with Gasteiger partial charge in [-0.3, -0.25) is 4.79 Å². The summed E-state index contributed by atoms with van der Waals surface area (Å²) in [7, 11) is 0. The Morgan fingerprint density at radius 2 is 2.04 bits per heavy atom. The van der Waals surface area contributed by atoms with Gasteiger partial charge in [-0.1, -0.05) is 18.2 Å². The SMILES string of the molecule is CC(=O)Nc1ccc2c(CN3c4ccccc4CC3C)cc(=O)oc2c1. The summed E-state index contributed by atoms with van der Waals surface area (Å²) >= 11 is 0. The van der Waals surface area contributed by atoms with Gasteiger partial charge in [0.05, 0.1) is 0 Å². The molecule has 0 fully saturated rings. The highest BCUT2D eigenvalue weighted by Crippen LogP contribution is 2.34. The van der Waals surface area contributed by atoms with E-state index in [0.717, 1.165) is 17.4 Å². The Balaban J connectivity index is 1.75. The highest BCUT2D eigenvalue weighted by atomic mass is 16.4. The van der Waals surface area contributed by atoms with Crippen molar-refractivity contribution >= 4 is 28.3 Å². The fourth-order valence-electron chi connectivity index (χ4n) is 3.70. The lowest BCUT2D eigenvalue weighted by Crippen LogP contribution is -2.29. The quantitative estimate of drug-likeness (QED) is 0.733. The Bertz CT molecular complexity index is 1050. The van der Waals surface area contributed by atoms with Crippen LogP contribution in [0.15, 0.2) is 57.7 Å². The fraction of sp³-hybridized carbons (Fsp3) is 0.238. The van der Waals surface area contributed by atoms with E-state index in [-0.39, 0.29) is 11.5 Å². The number of fused-ring (bicyclic) bond motifs is 2. The van der Waals surface area contributed by atoms with Crippen molar-refractivity contribution in [3.63, 3.8) is 0 Å². The van der Waals surface area contributed by atoms with Crippen LogP contribution in [-0.2, 0) is 17.8 Å². The molecule has 4 rings (SSSR count). The van der Waals surface area contributed by atoms with Crippen LogP contribution in [-0.4, -0.2) is 11.9 Å². The summed E-state index contributed by atoms with van der Waals surface area (Å²) in [5, 5.41) is 3.60. The molecule has 1 amide bonds. The van der Waals surface area contributed by atoms with Crippen LogP contribution in [0.25, 0.3) is 11.0 Å². The number of carbonyl (C=O) groups excluding carboxylic acids is 1. The molecular weight excluding hydrogens is 328 g/mol. The Labute approximate surface area is 151 Å². The number of rotatable bonds is 3. The highest BCUT2D eigenvalue weighted by molar-refractivity contribution is 5.92. The Kier molecular flexibility index (Phi) is 3.99. The van der Waals surface area contributed by atoms with Crippen LogP contribution in [0, 0.1) is 0 Å². The topological polar surface area (TPSA) is 62.6 Å². The Hall–Kier alpha value is -3.08. The number of carbonyl (C=O) groups is 1. The van der Waals surface area contributed by atoms with Crippen LogP contribution in [0.2, 0.25) is 0 Å². The molecule has 1 aliphatic heterocycles. The van der Waals surface area contributed by atoms with E-state index in [9.17, 15) is 9.59 Å². The van der Waals surface area contributed by atoms with Crippen molar-refractivity contribution in [3.8, 4) is 0 Å². The molecular formula is C21H20N2O3. The summed E-state index contributed by atoms with van der Waals surface area (Å²) in [6.45, 7) is 4.28. The smallest absolute Gasteiger partial charge is 0.336 e. The van der Waals surface area contributed by atoms with Crippen molar-refractivity contribution in [3.05, 3.63) is 70.1 Å². The molecule has 0 aliphatic carbocycles. The molecule has 5 heteroatoms. The van der Waals surface area contributed by atoms with Crippen molar-refractivity contribution in [2.24, 2.45) is 0 Å². The highest BCUT2D eigenvalue weighted by Gasteiger charge is 2.26. The first-order chi connectivity index (χ1) is 12.5. The van der Waals surface area contributed by atoms with E-state index < -0.39 is 0 Å². The van der Waals surface area contributed by atoms with Crippen LogP contribution < -0.4 is 15.8 Å². The van der Waals surface area contributed by atoms with Crippen molar-refractivity contribution in [1.82, 2.24) is 0 Å². The van der Waals surface area contributed by atoms with Crippen LogP contribution >= 0.6 is 0 Å². The third kappa shape index (κ3) is 2.96. The van der Waals surface area contributed by atoms with Crippen molar-refractivity contribution in [2.75, 3.05) is 10.2 Å². The minimum atomic E-state index is -0.382. The molecule has 0 bridgehead atoms. The fourth-order valence-corrected chi connectivity index (χ4v) is 3.70. The van der Waals surface area contributed by atoms with E-state index >= 15 is 0 Å². The second kappa shape index (κ2) is 6.33. The van der Waals surface area contributed by atoms with Crippen LogP contribution in [0.1, 0.15) is 25.0 Å². The van der Waals surface area contributed by atoms with Gasteiger partial charge in [0.1, 0.15) is 5.58 Å². The molecule has 0 radical (unpaired) electrons. The van der Waals surface area contributed by atoms with Crippen LogP contribution in [0.5, 0.6) is 0 Å². The third-order valence-corrected chi connectivity index (χ3v) is 4.84. The molecule has 26 heavy (non-hydrogen) atoms. The molecule has 2 aromatic carbocycles. The normalized spacial score (nSPS) is 15.9. The van der Waals surface area contributed by atoms with Gasteiger partial charge >= 0.3 is 5.63 Å². The average molecular weight is 348 g/mol. The average Bonchev–Trinajstić information content (AvgIpc) is 2.89. The summed E-state index contributed by atoms with van der Waals surface area (Å²) in [6, 6.07) is 15.7. The summed E-state index contributed by atoms with van der Waals surface area (Å²) in [5.41, 5.74) is 4.20. The summed E-state index contributed by atoms with van der Waals surface area (Å²) in [6.07, 6.45) is 1.00. The van der Waals surface area contributed by atoms with Gasteiger partial charge in [-0.05, 0) is 42.7 Å². The number of benzene rings is 2. The van der Waals surface area contributed by atoms with E-state index in [1.165, 1.54) is 18.2 Å². The summed E-state index contributed by atoms with van der Waals surface area (Å²) in [4.78, 5) is 25.6. The molecule has 1 atom stereocenters. The van der Waals surface area contributed by atoms with Crippen molar-refractivity contribution in [1.29, 1.82) is 0 Å². The van der Waals surface area contributed by atoms with E-state index in [4.69, 9.17) is 4.42 Å². The van der Waals surface area contributed by atoms with E-state index in [2.05, 4.69) is 35.3 Å². The maximum Gasteiger partial charge on any atom is 0.336 e. The lowest BCUT2D eigenvalue weighted by atomic mass is 10.1. The summed E-state index contributed by atoms with van der Waals surface area (Å²) in [5.74, 6) is -0.162. The Morgan fingerprint density at radius 3 is 2.85 bits per heavy atom. The maximum absolute atomic E-state index is 12.1. The zero-order valence-electron chi connectivity index (χ0n) is 14.8. The second-order valence-corrected chi connectivity index (χ2v) is 6.79. The van der Waals surface area contributed by atoms with Gasteiger partial charge in [0, 0.05) is 48.4 Å². The lowest BCUT2D eigenvalue weighted by molar-refractivity contribution is -0.114. The first-order valence-electron chi connectivity index (χ1n) is 8.70. The lowest BCUT2D eigenvalue weighted by Gasteiger charge is -2.25. The second-order valence-electron chi connectivity index (χ2n) is 6.79. The molecule has 1 unspecified atom stereocenters. The first kappa shape index (κ1) is 16.4. The van der Waals surface area contributed by atoms with Gasteiger partial charge in [-0.2, -0.15) is 0 Å². The number of para-hydroxylation sites is 1. The van der Waals surface area contributed by atoms with E-state index in [0.29, 0.717) is 23.9 Å². The van der Waals surface area contributed by atoms with Crippen LogP contribution in [0.4, 0.5) is 11.4 Å². The third-order valence-electron chi connectivity index (χ3n) is 4.84. The molecule has 1 aromatic heterocycles. The zero-order chi connectivity index (χ0) is 18.3. The minimum absolute atomic E-state index is 0.162. The molecule has 3 aromatic rings. The molecule has 132 valence electrons. The van der Waals surface area contributed by atoms with Gasteiger partial charge < -0.3 is 14.6 Å². The Morgan fingerprint density at radius 1 is 1.23 bits per heavy atom. The van der Waals surface area contributed by atoms with Gasteiger partial charge in [0.2, 0.25) is 5.91 Å². The molecule has 2 heterocycles. The molecule has 5 nitrogen and oxygen atoms in total. The number of nitrogens with zero attached hydrogens (tertiary/aromatic N) is 1. The number of anilines is 2. The molecule has 0 spiro atoms. The van der Waals surface area contributed by atoms with E-state index in [1.807, 2.05) is 18.2 Å². The monoisotopic (exact) mass is 348 g/mol. The number of hydrogen-bond donors (Lipinski definition) is 1.